The van der Waals surface area contributed by atoms with Gasteiger partial charge in [-0.05, 0) is 77.0 Å². The lowest BCUT2D eigenvalue weighted by atomic mass is 10.1. The standard InChI is InChI=1S/C48H86NO9P/c1-3-5-7-9-11-13-15-17-19-21-23-24-26-28-30-32-34-36-38-40-47(50)58-45(43-56-59(53,54)57-44-46(49)48(51)52)42-55-41-39-37-35-33-31-29-27-25-22-20-18-16-14-12-10-8-6-4-2/h5,7,11,13,17-20,23-24,45-46H,3-4,6,8-10,12,14-16,21-22,25-44,49H2,1-2H3,(H,51,52)(H,53,54)/b7-5-,13-11-,19-17-,20-18-,24-23-. The highest BCUT2D eigenvalue weighted by Crippen LogP contribution is 2.43. The van der Waals surface area contributed by atoms with Crippen LogP contribution in [0.1, 0.15) is 194 Å². The number of aliphatic carboxylic acids is 1. The van der Waals surface area contributed by atoms with Crippen LogP contribution in [0.25, 0.3) is 0 Å². The van der Waals surface area contributed by atoms with E-state index >= 15 is 0 Å². The monoisotopic (exact) mass is 852 g/mol. The van der Waals surface area contributed by atoms with Crippen molar-refractivity contribution in [2.75, 3.05) is 26.4 Å². The molecule has 342 valence electrons. The average Bonchev–Trinajstić information content (AvgIpc) is 3.21. The molecule has 0 fully saturated rings. The number of rotatable bonds is 44. The quantitative estimate of drug-likeness (QED) is 0.0233. The normalized spacial score (nSPS) is 14.4. The highest BCUT2D eigenvalue weighted by Gasteiger charge is 2.27. The topological polar surface area (TPSA) is 155 Å². The summed E-state index contributed by atoms with van der Waals surface area (Å²) in [6.07, 6.45) is 52.7. The number of carbonyl (C=O) groups excluding carboxylic acids is 1. The van der Waals surface area contributed by atoms with Gasteiger partial charge < -0.3 is 25.2 Å². The van der Waals surface area contributed by atoms with Crippen molar-refractivity contribution in [3.63, 3.8) is 0 Å². The number of allylic oxidation sites excluding steroid dienone is 10. The van der Waals surface area contributed by atoms with Gasteiger partial charge in [0.2, 0.25) is 0 Å². The van der Waals surface area contributed by atoms with Crippen LogP contribution >= 0.6 is 7.82 Å². The summed E-state index contributed by atoms with van der Waals surface area (Å²) in [4.78, 5) is 33.6. The van der Waals surface area contributed by atoms with E-state index in [9.17, 15) is 19.0 Å². The minimum absolute atomic E-state index is 0.00701. The van der Waals surface area contributed by atoms with E-state index < -0.39 is 45.1 Å². The van der Waals surface area contributed by atoms with E-state index in [1.807, 2.05) is 0 Å². The van der Waals surface area contributed by atoms with E-state index in [2.05, 4.69) is 74.6 Å². The van der Waals surface area contributed by atoms with Gasteiger partial charge in [0.15, 0.2) is 0 Å². The molecule has 0 aliphatic carbocycles. The Morgan fingerprint density at radius 1 is 0.559 bits per heavy atom. The van der Waals surface area contributed by atoms with Gasteiger partial charge in [0.1, 0.15) is 12.1 Å². The Morgan fingerprint density at radius 3 is 1.49 bits per heavy atom. The van der Waals surface area contributed by atoms with Gasteiger partial charge in [-0.2, -0.15) is 0 Å². The van der Waals surface area contributed by atoms with Crippen LogP contribution in [0.15, 0.2) is 60.8 Å². The number of esters is 1. The number of hydrogen-bond donors (Lipinski definition) is 3. The number of phosphoric acid groups is 1. The number of carboxylic acid groups (broad SMARTS) is 1. The fourth-order valence-electron chi connectivity index (χ4n) is 6.18. The van der Waals surface area contributed by atoms with Crippen molar-refractivity contribution in [2.24, 2.45) is 5.73 Å². The van der Waals surface area contributed by atoms with Crippen LogP contribution < -0.4 is 5.73 Å². The predicted octanol–water partition coefficient (Wildman–Crippen LogP) is 13.2. The Balaban J connectivity index is 4.24. The summed E-state index contributed by atoms with van der Waals surface area (Å²) in [5.74, 6) is -1.79. The summed E-state index contributed by atoms with van der Waals surface area (Å²) in [5, 5.41) is 8.91. The molecule has 10 nitrogen and oxygen atoms in total. The van der Waals surface area contributed by atoms with Crippen molar-refractivity contribution < 1.29 is 42.7 Å². The van der Waals surface area contributed by atoms with Crippen LogP contribution in [0.4, 0.5) is 0 Å². The molecule has 0 aliphatic heterocycles. The molecule has 0 radical (unpaired) electrons. The third-order valence-electron chi connectivity index (χ3n) is 9.78. The summed E-state index contributed by atoms with van der Waals surface area (Å²) in [7, 11) is -4.63. The van der Waals surface area contributed by atoms with Gasteiger partial charge in [-0.1, -0.05) is 171 Å². The van der Waals surface area contributed by atoms with E-state index in [4.69, 9.17) is 29.4 Å². The molecule has 0 bridgehead atoms. The minimum atomic E-state index is -4.63. The van der Waals surface area contributed by atoms with E-state index in [-0.39, 0.29) is 13.0 Å². The van der Waals surface area contributed by atoms with Crippen molar-refractivity contribution in [1.82, 2.24) is 0 Å². The van der Waals surface area contributed by atoms with Crippen molar-refractivity contribution in [3.05, 3.63) is 60.8 Å². The van der Waals surface area contributed by atoms with Gasteiger partial charge in [-0.15, -0.1) is 0 Å². The minimum Gasteiger partial charge on any atom is -0.480 e. The fraction of sp³-hybridized carbons (Fsp3) is 0.750. The first-order chi connectivity index (χ1) is 28.7. The van der Waals surface area contributed by atoms with Gasteiger partial charge >= 0.3 is 19.8 Å². The highest BCUT2D eigenvalue weighted by molar-refractivity contribution is 7.47. The summed E-state index contributed by atoms with van der Waals surface area (Å²) in [6, 6.07) is -1.48. The molecule has 0 spiro atoms. The summed E-state index contributed by atoms with van der Waals surface area (Å²) in [6.45, 7) is 3.75. The lowest BCUT2D eigenvalue weighted by Crippen LogP contribution is -2.34. The number of phosphoric ester groups is 1. The zero-order chi connectivity index (χ0) is 43.3. The maximum atomic E-state index is 12.7. The predicted molar refractivity (Wildman–Crippen MR) is 244 cm³/mol. The molecule has 0 amide bonds. The largest absolute Gasteiger partial charge is 0.480 e. The zero-order valence-corrected chi connectivity index (χ0v) is 38.2. The molecule has 3 atom stereocenters. The van der Waals surface area contributed by atoms with Crippen LogP contribution in [0.3, 0.4) is 0 Å². The van der Waals surface area contributed by atoms with Crippen molar-refractivity contribution in [1.29, 1.82) is 0 Å². The summed E-state index contributed by atoms with van der Waals surface area (Å²) < 4.78 is 33.4. The molecule has 0 saturated heterocycles. The van der Waals surface area contributed by atoms with Crippen LogP contribution in [-0.4, -0.2) is 60.5 Å². The van der Waals surface area contributed by atoms with Crippen molar-refractivity contribution in [3.8, 4) is 0 Å². The Hall–Kier alpha value is -2.33. The third-order valence-corrected chi connectivity index (χ3v) is 10.7. The number of carboxylic acids is 1. The lowest BCUT2D eigenvalue weighted by molar-refractivity contribution is -0.154. The molecule has 4 N–H and O–H groups in total. The van der Waals surface area contributed by atoms with Crippen LogP contribution in [0.5, 0.6) is 0 Å². The molecular weight excluding hydrogens is 766 g/mol. The molecule has 11 heteroatoms. The molecule has 0 aromatic carbocycles. The number of nitrogens with two attached hydrogens (primary N) is 1. The molecule has 3 unspecified atom stereocenters. The van der Waals surface area contributed by atoms with Crippen molar-refractivity contribution in [2.45, 2.75) is 206 Å². The molecule has 0 aromatic heterocycles. The molecule has 0 rings (SSSR count). The molecule has 0 saturated carbocycles. The maximum Gasteiger partial charge on any atom is 0.472 e. The second kappa shape index (κ2) is 43.7. The third kappa shape index (κ3) is 43.6. The van der Waals surface area contributed by atoms with Crippen LogP contribution in [-0.2, 0) is 32.7 Å². The average molecular weight is 852 g/mol. The van der Waals surface area contributed by atoms with Gasteiger partial charge in [0.25, 0.3) is 0 Å². The van der Waals surface area contributed by atoms with Gasteiger partial charge in [0.05, 0.1) is 19.8 Å². The van der Waals surface area contributed by atoms with Crippen LogP contribution in [0.2, 0.25) is 0 Å². The van der Waals surface area contributed by atoms with Crippen LogP contribution in [0, 0.1) is 0 Å². The second-order valence-electron chi connectivity index (χ2n) is 15.5. The van der Waals surface area contributed by atoms with E-state index in [0.29, 0.717) is 13.0 Å². The SMILES string of the molecule is CC/C=C\C/C=C\C/C=C\C/C=C\CCCCCCCCC(=O)OC(COCCCCCCCCCC/C=C\CCCCCCCC)COP(=O)(O)OCC(N)C(=O)O. The maximum absolute atomic E-state index is 12.7. The number of carbonyl (C=O) groups is 2. The van der Waals surface area contributed by atoms with Gasteiger partial charge in [0, 0.05) is 13.0 Å². The van der Waals surface area contributed by atoms with Crippen molar-refractivity contribution >= 4 is 19.8 Å². The summed E-state index contributed by atoms with van der Waals surface area (Å²) >= 11 is 0. The Labute approximate surface area is 360 Å². The van der Waals surface area contributed by atoms with E-state index in [1.165, 1.54) is 83.5 Å². The Bertz CT molecular complexity index is 1170. The highest BCUT2D eigenvalue weighted by atomic mass is 31.2. The lowest BCUT2D eigenvalue weighted by Gasteiger charge is -2.20. The van der Waals surface area contributed by atoms with Gasteiger partial charge in [-0.3, -0.25) is 18.6 Å². The molecule has 0 heterocycles. The molecular formula is C48H86NO9P. The van der Waals surface area contributed by atoms with Gasteiger partial charge in [-0.25, -0.2) is 4.57 Å². The first-order valence-electron chi connectivity index (χ1n) is 23.3. The first-order valence-corrected chi connectivity index (χ1v) is 24.8. The zero-order valence-electron chi connectivity index (χ0n) is 37.3. The number of hydrogen-bond acceptors (Lipinski definition) is 8. The summed E-state index contributed by atoms with van der Waals surface area (Å²) in [5.41, 5.74) is 5.36. The van der Waals surface area contributed by atoms with E-state index in [0.717, 1.165) is 83.5 Å². The fourth-order valence-corrected chi connectivity index (χ4v) is 6.96. The van der Waals surface area contributed by atoms with E-state index in [1.54, 1.807) is 0 Å². The molecule has 0 aromatic rings. The first kappa shape index (κ1) is 56.7. The molecule has 59 heavy (non-hydrogen) atoms. The smallest absolute Gasteiger partial charge is 0.472 e. The Morgan fingerprint density at radius 2 is 0.983 bits per heavy atom. The number of unbranched alkanes of at least 4 members (excludes halogenated alkanes) is 20. The Kier molecular flexibility index (Phi) is 42.0. The molecule has 0 aliphatic rings. The second-order valence-corrected chi connectivity index (χ2v) is 17.0. The number of ether oxygens (including phenoxy) is 2.